The van der Waals surface area contributed by atoms with Crippen LogP contribution >= 0.6 is 0 Å². The Morgan fingerprint density at radius 1 is 1.00 bits per heavy atom. The molecule has 33 heavy (non-hydrogen) atoms. The third-order valence-electron chi connectivity index (χ3n) is 5.61. The number of benzene rings is 2. The van der Waals surface area contributed by atoms with Crippen molar-refractivity contribution < 1.29 is 18.3 Å². The van der Waals surface area contributed by atoms with E-state index in [0.717, 1.165) is 35.2 Å². The van der Waals surface area contributed by atoms with E-state index >= 15 is 0 Å². The lowest BCUT2D eigenvalue weighted by atomic mass is 9.89. The second-order valence-corrected chi connectivity index (χ2v) is 8.45. The van der Waals surface area contributed by atoms with Crippen molar-refractivity contribution in [3.63, 3.8) is 0 Å². The molecule has 0 aliphatic heterocycles. The van der Waals surface area contributed by atoms with Gasteiger partial charge in [-0.1, -0.05) is 18.2 Å². The van der Waals surface area contributed by atoms with E-state index in [1.54, 1.807) is 0 Å². The summed E-state index contributed by atoms with van der Waals surface area (Å²) in [6.07, 6.45) is 1.68. The van der Waals surface area contributed by atoms with Crippen molar-refractivity contribution in [2.75, 3.05) is 27.2 Å². The predicted octanol–water partition coefficient (Wildman–Crippen LogP) is 3.24. The summed E-state index contributed by atoms with van der Waals surface area (Å²) in [5.74, 6) is -1.89. The van der Waals surface area contributed by atoms with Gasteiger partial charge in [-0.2, -0.15) is 5.10 Å². The first-order valence-electron chi connectivity index (χ1n) is 10.8. The Labute approximate surface area is 190 Å². The van der Waals surface area contributed by atoms with Gasteiger partial charge < -0.3 is 9.64 Å². The maximum atomic E-state index is 14.5. The molecule has 0 bridgehead atoms. The maximum absolute atomic E-state index is 14.5. The standard InChI is InChI=1S/C25H25F2N3O3/c1-29(2)9-10-33-25-21(26)13-19(14-22(25)27)23-7-8-24(32)30(28-23)15-16-3-4-17-5-6-20(31)12-18(17)11-16/h3-4,7-8,11,13-14H,5-6,9-10,12,15H2,1-2H3. The Morgan fingerprint density at radius 3 is 2.48 bits per heavy atom. The fourth-order valence-corrected chi connectivity index (χ4v) is 3.83. The Bertz CT molecular complexity index is 1230. The van der Waals surface area contributed by atoms with Crippen molar-refractivity contribution >= 4 is 5.78 Å². The Hall–Kier alpha value is -3.39. The van der Waals surface area contributed by atoms with E-state index in [0.29, 0.717) is 19.4 Å². The average molecular weight is 453 g/mol. The van der Waals surface area contributed by atoms with Crippen LogP contribution in [0.3, 0.4) is 0 Å². The number of Topliss-reactive ketones (excluding diaryl/α,β-unsaturated/α-hetero) is 1. The molecule has 0 radical (unpaired) electrons. The SMILES string of the molecule is CN(C)CCOc1c(F)cc(-c2ccc(=O)n(Cc3ccc4c(c3)CC(=O)CC4)n2)cc1F. The summed E-state index contributed by atoms with van der Waals surface area (Å²) < 4.78 is 35.6. The number of rotatable bonds is 7. The van der Waals surface area contributed by atoms with Crippen molar-refractivity contribution in [2.24, 2.45) is 0 Å². The number of ketones is 1. The van der Waals surface area contributed by atoms with Crippen molar-refractivity contribution in [3.8, 4) is 17.0 Å². The summed E-state index contributed by atoms with van der Waals surface area (Å²) >= 11 is 0. The second-order valence-electron chi connectivity index (χ2n) is 8.45. The molecule has 0 unspecified atom stereocenters. The second kappa shape index (κ2) is 9.62. The quantitative estimate of drug-likeness (QED) is 0.550. The number of ether oxygens (including phenoxy) is 1. The molecule has 6 nitrogen and oxygen atoms in total. The van der Waals surface area contributed by atoms with Crippen molar-refractivity contribution in [3.05, 3.63) is 81.1 Å². The van der Waals surface area contributed by atoms with Crippen LogP contribution in [0.1, 0.15) is 23.1 Å². The van der Waals surface area contributed by atoms with Crippen LogP contribution in [0.25, 0.3) is 11.3 Å². The predicted molar refractivity (Wildman–Crippen MR) is 120 cm³/mol. The molecule has 2 aromatic carbocycles. The first-order valence-corrected chi connectivity index (χ1v) is 10.8. The van der Waals surface area contributed by atoms with Gasteiger partial charge in [0.1, 0.15) is 12.4 Å². The van der Waals surface area contributed by atoms with E-state index in [9.17, 15) is 18.4 Å². The molecular formula is C25H25F2N3O3. The minimum Gasteiger partial charge on any atom is -0.486 e. The number of aromatic nitrogens is 2. The number of halogens is 2. The molecule has 0 spiro atoms. The van der Waals surface area contributed by atoms with E-state index < -0.39 is 17.4 Å². The number of nitrogens with zero attached hydrogens (tertiary/aromatic N) is 3. The Morgan fingerprint density at radius 2 is 1.76 bits per heavy atom. The average Bonchev–Trinajstić information content (AvgIpc) is 2.76. The van der Waals surface area contributed by atoms with Gasteiger partial charge >= 0.3 is 0 Å². The smallest absolute Gasteiger partial charge is 0.267 e. The molecule has 1 heterocycles. The molecule has 0 atom stereocenters. The molecular weight excluding hydrogens is 428 g/mol. The van der Waals surface area contributed by atoms with Crippen LogP contribution < -0.4 is 10.3 Å². The summed E-state index contributed by atoms with van der Waals surface area (Å²) in [6.45, 7) is 0.852. The van der Waals surface area contributed by atoms with Crippen LogP contribution in [0.4, 0.5) is 8.78 Å². The fourth-order valence-electron chi connectivity index (χ4n) is 3.83. The topological polar surface area (TPSA) is 64.4 Å². The van der Waals surface area contributed by atoms with Crippen LogP contribution in [0, 0.1) is 11.6 Å². The summed E-state index contributed by atoms with van der Waals surface area (Å²) in [7, 11) is 3.67. The molecule has 1 aliphatic carbocycles. The highest BCUT2D eigenvalue weighted by atomic mass is 19.1. The lowest BCUT2D eigenvalue weighted by Gasteiger charge is -2.16. The van der Waals surface area contributed by atoms with Crippen LogP contribution in [0.2, 0.25) is 0 Å². The van der Waals surface area contributed by atoms with Gasteiger partial charge in [-0.05, 0) is 55.4 Å². The monoisotopic (exact) mass is 453 g/mol. The van der Waals surface area contributed by atoms with Crippen molar-refractivity contribution in [2.45, 2.75) is 25.8 Å². The number of aryl methyl sites for hydroxylation is 1. The summed E-state index contributed by atoms with van der Waals surface area (Å²) in [6, 6.07) is 10.9. The van der Waals surface area contributed by atoms with E-state index in [1.807, 2.05) is 37.2 Å². The number of fused-ring (bicyclic) bond motifs is 1. The maximum Gasteiger partial charge on any atom is 0.267 e. The third kappa shape index (κ3) is 5.34. The normalized spacial score (nSPS) is 13.3. The van der Waals surface area contributed by atoms with Gasteiger partial charge in [-0.3, -0.25) is 9.59 Å². The molecule has 0 amide bonds. The van der Waals surface area contributed by atoms with Crippen LogP contribution in [0.15, 0.2) is 47.3 Å². The van der Waals surface area contributed by atoms with Gasteiger partial charge in [0.2, 0.25) is 0 Å². The van der Waals surface area contributed by atoms with E-state index in [1.165, 1.54) is 16.8 Å². The molecule has 4 rings (SSSR count). The first-order chi connectivity index (χ1) is 15.8. The van der Waals surface area contributed by atoms with Crippen LogP contribution in [-0.2, 0) is 24.2 Å². The van der Waals surface area contributed by atoms with E-state index in [-0.39, 0.29) is 35.8 Å². The summed E-state index contributed by atoms with van der Waals surface area (Å²) in [5.41, 5.74) is 3.08. The number of carbonyl (C=O) groups is 1. The highest BCUT2D eigenvalue weighted by molar-refractivity contribution is 5.83. The van der Waals surface area contributed by atoms with Gasteiger partial charge in [-0.15, -0.1) is 0 Å². The zero-order valence-corrected chi connectivity index (χ0v) is 18.6. The Balaban J connectivity index is 1.58. The lowest BCUT2D eigenvalue weighted by Crippen LogP contribution is -2.23. The molecule has 1 aromatic heterocycles. The molecule has 3 aromatic rings. The van der Waals surface area contributed by atoms with E-state index in [2.05, 4.69) is 5.10 Å². The fraction of sp³-hybridized carbons (Fsp3) is 0.320. The summed E-state index contributed by atoms with van der Waals surface area (Å²) in [4.78, 5) is 26.0. The van der Waals surface area contributed by atoms with Crippen molar-refractivity contribution in [1.29, 1.82) is 0 Å². The highest BCUT2D eigenvalue weighted by Gasteiger charge is 2.17. The highest BCUT2D eigenvalue weighted by Crippen LogP contribution is 2.28. The molecule has 0 saturated carbocycles. The third-order valence-corrected chi connectivity index (χ3v) is 5.61. The number of likely N-dealkylation sites (N-methyl/N-ethyl adjacent to an activating group) is 1. The zero-order valence-electron chi connectivity index (χ0n) is 18.6. The molecule has 0 saturated heterocycles. The van der Waals surface area contributed by atoms with Gasteiger partial charge in [0.25, 0.3) is 5.56 Å². The minimum absolute atomic E-state index is 0.149. The van der Waals surface area contributed by atoms with Crippen molar-refractivity contribution in [1.82, 2.24) is 14.7 Å². The zero-order chi connectivity index (χ0) is 23.5. The van der Waals surface area contributed by atoms with E-state index in [4.69, 9.17) is 4.74 Å². The Kier molecular flexibility index (Phi) is 6.65. The van der Waals surface area contributed by atoms with Gasteiger partial charge in [-0.25, -0.2) is 13.5 Å². The van der Waals surface area contributed by atoms with Gasteiger partial charge in [0.15, 0.2) is 17.4 Å². The first kappa shape index (κ1) is 22.8. The van der Waals surface area contributed by atoms with Gasteiger partial charge in [0, 0.05) is 31.0 Å². The lowest BCUT2D eigenvalue weighted by molar-refractivity contribution is -0.118. The number of hydrogen-bond acceptors (Lipinski definition) is 5. The number of hydrogen-bond donors (Lipinski definition) is 0. The largest absolute Gasteiger partial charge is 0.486 e. The molecule has 172 valence electrons. The minimum atomic E-state index is -0.831. The summed E-state index contributed by atoms with van der Waals surface area (Å²) in [5, 5.41) is 4.32. The molecule has 0 N–H and O–H groups in total. The molecule has 0 fully saturated rings. The van der Waals surface area contributed by atoms with Crippen LogP contribution in [-0.4, -0.2) is 47.7 Å². The molecule has 8 heteroatoms. The molecule has 1 aliphatic rings. The van der Waals surface area contributed by atoms with Gasteiger partial charge in [0.05, 0.1) is 12.2 Å². The van der Waals surface area contributed by atoms with Crippen LogP contribution in [0.5, 0.6) is 5.75 Å². The number of carbonyl (C=O) groups excluding carboxylic acids is 1.